The number of rotatable bonds is 4. The number of ether oxygens (including phenoxy) is 1. The Morgan fingerprint density at radius 1 is 1.47 bits per heavy atom. The molecule has 0 aliphatic carbocycles. The van der Waals surface area contributed by atoms with Crippen LogP contribution in [0, 0.1) is 6.92 Å². The highest BCUT2D eigenvalue weighted by Gasteiger charge is 2.19. The van der Waals surface area contributed by atoms with Gasteiger partial charge in [-0.25, -0.2) is 4.79 Å². The largest absolute Gasteiger partial charge is 0.464 e. The first-order valence-electron chi connectivity index (χ1n) is 5.05. The Kier molecular flexibility index (Phi) is 3.91. The summed E-state index contributed by atoms with van der Waals surface area (Å²) >= 11 is 0. The molecule has 1 heterocycles. The van der Waals surface area contributed by atoms with Crippen molar-refractivity contribution >= 4 is 5.97 Å². The number of methoxy groups -OCH3 is 1. The van der Waals surface area contributed by atoms with E-state index in [1.807, 2.05) is 13.8 Å². The maximum absolute atomic E-state index is 11.5. The van der Waals surface area contributed by atoms with E-state index in [2.05, 4.69) is 9.72 Å². The predicted molar refractivity (Wildman–Crippen MR) is 57.0 cm³/mol. The van der Waals surface area contributed by atoms with Crippen molar-refractivity contribution < 1.29 is 14.6 Å². The van der Waals surface area contributed by atoms with Crippen molar-refractivity contribution in [1.29, 1.82) is 0 Å². The molecule has 2 N–H and O–H groups in total. The van der Waals surface area contributed by atoms with E-state index in [0.717, 1.165) is 23.2 Å². The molecule has 4 heteroatoms. The highest BCUT2D eigenvalue weighted by atomic mass is 16.5. The van der Waals surface area contributed by atoms with Gasteiger partial charge in [-0.15, -0.1) is 0 Å². The number of aliphatic hydroxyl groups is 1. The number of esters is 1. The molecule has 0 atom stereocenters. The summed E-state index contributed by atoms with van der Waals surface area (Å²) < 4.78 is 4.68. The predicted octanol–water partition coefficient (Wildman–Crippen LogP) is 1.21. The van der Waals surface area contributed by atoms with Gasteiger partial charge in [0.05, 0.1) is 7.11 Å². The Bertz CT molecular complexity index is 355. The molecule has 0 aliphatic heterocycles. The molecule has 0 saturated carbocycles. The fourth-order valence-corrected chi connectivity index (χ4v) is 1.86. The lowest BCUT2D eigenvalue weighted by Crippen LogP contribution is -2.07. The quantitative estimate of drug-likeness (QED) is 0.736. The lowest BCUT2D eigenvalue weighted by molar-refractivity contribution is 0.0593. The van der Waals surface area contributed by atoms with E-state index >= 15 is 0 Å². The van der Waals surface area contributed by atoms with Gasteiger partial charge in [-0.05, 0) is 30.9 Å². The summed E-state index contributed by atoms with van der Waals surface area (Å²) in [5, 5.41) is 8.96. The fraction of sp³-hybridized carbons (Fsp3) is 0.545. The molecule has 1 aromatic rings. The smallest absolute Gasteiger partial charge is 0.354 e. The minimum atomic E-state index is -0.374. The standard InChI is InChI=1S/C11H17NO3/c1-4-8-7(2)12-10(11(14)15-3)9(8)5-6-13/h12-13H,4-6H2,1-3H3. The summed E-state index contributed by atoms with van der Waals surface area (Å²) in [6, 6.07) is 0. The van der Waals surface area contributed by atoms with Crippen molar-refractivity contribution in [2.45, 2.75) is 26.7 Å². The van der Waals surface area contributed by atoms with Crippen LogP contribution >= 0.6 is 0 Å². The molecule has 0 bridgehead atoms. The van der Waals surface area contributed by atoms with Gasteiger partial charge in [0, 0.05) is 12.3 Å². The number of carbonyl (C=O) groups is 1. The van der Waals surface area contributed by atoms with Gasteiger partial charge in [-0.3, -0.25) is 0 Å². The van der Waals surface area contributed by atoms with Crippen LogP contribution < -0.4 is 0 Å². The molecule has 4 nitrogen and oxygen atoms in total. The third kappa shape index (κ3) is 2.21. The Hall–Kier alpha value is -1.29. The van der Waals surface area contributed by atoms with Gasteiger partial charge in [-0.2, -0.15) is 0 Å². The molecular weight excluding hydrogens is 194 g/mol. The summed E-state index contributed by atoms with van der Waals surface area (Å²) in [4.78, 5) is 14.5. The molecular formula is C11H17NO3. The Balaban J connectivity index is 3.20. The van der Waals surface area contributed by atoms with Crippen molar-refractivity contribution in [3.8, 4) is 0 Å². The van der Waals surface area contributed by atoms with E-state index in [-0.39, 0.29) is 12.6 Å². The van der Waals surface area contributed by atoms with Crippen LogP contribution in [0.25, 0.3) is 0 Å². The number of nitrogens with one attached hydrogen (secondary N) is 1. The molecule has 84 valence electrons. The van der Waals surface area contributed by atoms with Crippen molar-refractivity contribution in [2.24, 2.45) is 0 Å². The Morgan fingerprint density at radius 3 is 2.60 bits per heavy atom. The number of hydrogen-bond donors (Lipinski definition) is 2. The summed E-state index contributed by atoms with van der Waals surface area (Å²) in [6.07, 6.45) is 1.33. The maximum Gasteiger partial charge on any atom is 0.354 e. The second kappa shape index (κ2) is 4.98. The fourth-order valence-electron chi connectivity index (χ4n) is 1.86. The van der Waals surface area contributed by atoms with Crippen molar-refractivity contribution in [1.82, 2.24) is 4.98 Å². The Labute approximate surface area is 89.3 Å². The zero-order chi connectivity index (χ0) is 11.4. The summed E-state index contributed by atoms with van der Waals surface area (Å²) in [7, 11) is 1.35. The average molecular weight is 211 g/mol. The number of aromatic nitrogens is 1. The maximum atomic E-state index is 11.5. The van der Waals surface area contributed by atoms with Gasteiger partial charge in [0.1, 0.15) is 5.69 Å². The van der Waals surface area contributed by atoms with Crippen LogP contribution in [-0.2, 0) is 17.6 Å². The first-order valence-corrected chi connectivity index (χ1v) is 5.05. The molecule has 0 unspecified atom stereocenters. The minimum Gasteiger partial charge on any atom is -0.464 e. The van der Waals surface area contributed by atoms with Crippen LogP contribution in [0.3, 0.4) is 0 Å². The van der Waals surface area contributed by atoms with Crippen LogP contribution in [-0.4, -0.2) is 29.8 Å². The lowest BCUT2D eigenvalue weighted by Gasteiger charge is -2.03. The molecule has 1 aromatic heterocycles. The van der Waals surface area contributed by atoms with Crippen LogP contribution in [0.5, 0.6) is 0 Å². The van der Waals surface area contributed by atoms with Crippen LogP contribution in [0.15, 0.2) is 0 Å². The summed E-state index contributed by atoms with van der Waals surface area (Å²) in [6.45, 7) is 3.98. The molecule has 0 aromatic carbocycles. The van der Waals surface area contributed by atoms with Gasteiger partial charge < -0.3 is 14.8 Å². The number of hydrogen-bond acceptors (Lipinski definition) is 3. The summed E-state index contributed by atoms with van der Waals surface area (Å²) in [5.74, 6) is -0.374. The van der Waals surface area contributed by atoms with E-state index in [1.54, 1.807) is 0 Å². The van der Waals surface area contributed by atoms with Crippen molar-refractivity contribution in [2.75, 3.05) is 13.7 Å². The van der Waals surface area contributed by atoms with Gasteiger partial charge in [0.15, 0.2) is 0 Å². The molecule has 0 saturated heterocycles. The number of H-pyrrole nitrogens is 1. The summed E-state index contributed by atoms with van der Waals surface area (Å²) in [5.41, 5.74) is 3.43. The second-order valence-electron chi connectivity index (χ2n) is 3.40. The number of carbonyl (C=O) groups excluding carboxylic acids is 1. The van der Waals surface area contributed by atoms with Gasteiger partial charge in [0.25, 0.3) is 0 Å². The van der Waals surface area contributed by atoms with Crippen LogP contribution in [0.1, 0.15) is 34.2 Å². The van der Waals surface area contributed by atoms with Gasteiger partial charge in [-0.1, -0.05) is 6.92 Å². The lowest BCUT2D eigenvalue weighted by atomic mass is 10.0. The zero-order valence-corrected chi connectivity index (χ0v) is 9.39. The topological polar surface area (TPSA) is 62.3 Å². The molecule has 0 spiro atoms. The van der Waals surface area contributed by atoms with E-state index in [0.29, 0.717) is 12.1 Å². The normalized spacial score (nSPS) is 10.4. The van der Waals surface area contributed by atoms with Crippen molar-refractivity contribution in [3.05, 3.63) is 22.5 Å². The molecule has 1 rings (SSSR count). The molecule has 0 amide bonds. The third-order valence-corrected chi connectivity index (χ3v) is 2.54. The molecule has 0 radical (unpaired) electrons. The second-order valence-corrected chi connectivity index (χ2v) is 3.40. The number of aromatic amines is 1. The minimum absolute atomic E-state index is 0.0360. The monoisotopic (exact) mass is 211 g/mol. The highest BCUT2D eigenvalue weighted by Crippen LogP contribution is 2.20. The first kappa shape index (κ1) is 11.8. The van der Waals surface area contributed by atoms with Crippen LogP contribution in [0.2, 0.25) is 0 Å². The third-order valence-electron chi connectivity index (χ3n) is 2.54. The SMILES string of the molecule is CCc1c(C)[nH]c(C(=O)OC)c1CCO. The first-order chi connectivity index (χ1) is 7.15. The van der Waals surface area contributed by atoms with E-state index in [9.17, 15) is 4.79 Å². The van der Waals surface area contributed by atoms with E-state index in [1.165, 1.54) is 7.11 Å². The zero-order valence-electron chi connectivity index (χ0n) is 9.39. The van der Waals surface area contributed by atoms with Crippen molar-refractivity contribution in [3.63, 3.8) is 0 Å². The van der Waals surface area contributed by atoms with E-state index in [4.69, 9.17) is 5.11 Å². The Morgan fingerprint density at radius 2 is 2.13 bits per heavy atom. The molecule has 15 heavy (non-hydrogen) atoms. The van der Waals surface area contributed by atoms with Gasteiger partial charge in [0.2, 0.25) is 0 Å². The number of aliphatic hydroxyl groups excluding tert-OH is 1. The average Bonchev–Trinajstić information content (AvgIpc) is 2.54. The van der Waals surface area contributed by atoms with Gasteiger partial charge >= 0.3 is 5.97 Å². The molecule has 0 fully saturated rings. The highest BCUT2D eigenvalue weighted by molar-refractivity contribution is 5.89. The van der Waals surface area contributed by atoms with E-state index < -0.39 is 0 Å². The number of aryl methyl sites for hydroxylation is 1. The molecule has 0 aliphatic rings. The van der Waals surface area contributed by atoms with Crippen LogP contribution in [0.4, 0.5) is 0 Å².